The molecule has 0 radical (unpaired) electrons. The lowest BCUT2D eigenvalue weighted by atomic mass is 10.1. The van der Waals surface area contributed by atoms with Crippen molar-refractivity contribution in [2.24, 2.45) is 5.92 Å². The molecule has 1 aliphatic rings. The van der Waals surface area contributed by atoms with Crippen LogP contribution >= 0.6 is 11.9 Å². The first kappa shape index (κ1) is 22.5. The number of fused-ring (bicyclic) bond motifs is 2. The van der Waals surface area contributed by atoms with Crippen molar-refractivity contribution < 1.29 is 17.3 Å². The fourth-order valence-electron chi connectivity index (χ4n) is 4.38. The molecule has 0 aliphatic carbocycles. The van der Waals surface area contributed by atoms with Crippen molar-refractivity contribution in [2.45, 2.75) is 42.5 Å². The van der Waals surface area contributed by atoms with E-state index in [-0.39, 0.29) is 0 Å². The van der Waals surface area contributed by atoms with Crippen LogP contribution in [-0.2, 0) is 10.0 Å². The van der Waals surface area contributed by atoms with Crippen LogP contribution in [0.1, 0.15) is 26.7 Å². The van der Waals surface area contributed by atoms with Gasteiger partial charge < -0.3 is 8.83 Å². The van der Waals surface area contributed by atoms with Crippen molar-refractivity contribution in [3.8, 4) is 0 Å². The average Bonchev–Trinajstić information content (AvgIpc) is 3.47. The third-order valence-electron chi connectivity index (χ3n) is 6.08. The second-order valence-corrected chi connectivity index (χ2v) is 12.0. The summed E-state index contributed by atoms with van der Waals surface area (Å²) in [5, 5.41) is 1.90. The summed E-state index contributed by atoms with van der Waals surface area (Å²) in [5.74, 6) is 0.513. The fourth-order valence-corrected chi connectivity index (χ4v) is 7.20. The predicted octanol–water partition coefficient (Wildman–Crippen LogP) is 6.00. The van der Waals surface area contributed by atoms with Crippen molar-refractivity contribution in [1.29, 1.82) is 0 Å². The number of benzene rings is 2. The lowest BCUT2D eigenvalue weighted by Crippen LogP contribution is -2.45. The number of nitrogens with zero attached hydrogens (tertiary/aromatic N) is 2. The van der Waals surface area contributed by atoms with Crippen LogP contribution in [0.15, 0.2) is 79.7 Å². The number of furan rings is 2. The predicted molar refractivity (Wildman–Crippen MR) is 132 cm³/mol. The molecule has 0 bridgehead atoms. The number of hydrogen-bond donors (Lipinski definition) is 0. The first-order chi connectivity index (χ1) is 15.9. The molecule has 2 aromatic heterocycles. The average molecular weight is 485 g/mol. The molecule has 0 N–H and O–H groups in total. The highest BCUT2D eigenvalue weighted by Crippen LogP contribution is 2.33. The van der Waals surface area contributed by atoms with E-state index in [0.29, 0.717) is 35.5 Å². The van der Waals surface area contributed by atoms with Gasteiger partial charge in [0.05, 0.1) is 17.4 Å². The minimum atomic E-state index is -3.52. The molecule has 8 heteroatoms. The van der Waals surface area contributed by atoms with Gasteiger partial charge in [0.25, 0.3) is 0 Å². The van der Waals surface area contributed by atoms with Crippen LogP contribution in [0.4, 0.5) is 0 Å². The monoisotopic (exact) mass is 484 g/mol. The van der Waals surface area contributed by atoms with Crippen LogP contribution < -0.4 is 0 Å². The van der Waals surface area contributed by atoms with Gasteiger partial charge in [-0.15, -0.1) is 0 Å². The molecule has 1 aliphatic heterocycles. The van der Waals surface area contributed by atoms with Crippen LogP contribution in [0, 0.1) is 5.92 Å². The zero-order valence-corrected chi connectivity index (χ0v) is 20.4. The molecule has 174 valence electrons. The smallest absolute Gasteiger partial charge is 0.243 e. The van der Waals surface area contributed by atoms with Crippen LogP contribution in [0.3, 0.4) is 0 Å². The molecule has 33 heavy (non-hydrogen) atoms. The van der Waals surface area contributed by atoms with Gasteiger partial charge in [-0.3, -0.25) is 0 Å². The minimum absolute atomic E-state index is 0.320. The molecule has 4 aromatic rings. The quantitative estimate of drug-likeness (QED) is 0.300. The number of sulfonamides is 1. The molecule has 1 fully saturated rings. The minimum Gasteiger partial charge on any atom is -0.464 e. The summed E-state index contributed by atoms with van der Waals surface area (Å²) in [6, 6.07) is 15.4. The zero-order valence-electron chi connectivity index (χ0n) is 18.8. The zero-order chi connectivity index (χ0) is 23.0. The van der Waals surface area contributed by atoms with E-state index in [1.807, 2.05) is 12.1 Å². The Balaban J connectivity index is 1.29. The van der Waals surface area contributed by atoms with E-state index in [1.165, 1.54) is 4.90 Å². The summed E-state index contributed by atoms with van der Waals surface area (Å²) < 4.78 is 41.4. The Morgan fingerprint density at radius 2 is 1.61 bits per heavy atom. The van der Waals surface area contributed by atoms with Gasteiger partial charge in [0.1, 0.15) is 11.2 Å². The molecule has 0 spiro atoms. The Morgan fingerprint density at radius 3 is 2.27 bits per heavy atom. The normalized spacial score (nSPS) is 16.5. The molecule has 3 heterocycles. The van der Waals surface area contributed by atoms with Crippen LogP contribution in [0.2, 0.25) is 0 Å². The molecular formula is C25H28N2O4S2. The van der Waals surface area contributed by atoms with Crippen LogP contribution in [-0.4, -0.2) is 42.7 Å². The molecule has 5 rings (SSSR count). The summed E-state index contributed by atoms with van der Waals surface area (Å²) >= 11 is 1.76. The van der Waals surface area contributed by atoms with Crippen molar-refractivity contribution in [3.63, 3.8) is 0 Å². The molecule has 0 unspecified atom stereocenters. The standard InChI is InChI=1S/C25H28N2O4S2/c1-18(2)17-27(32-22-3-5-24-19(15-22)9-13-30-24)21-7-11-26(12-8-21)33(28,29)23-4-6-25-20(16-23)10-14-31-25/h3-6,9-10,13-16,18,21H,7-8,11-12,17H2,1-2H3. The third-order valence-corrected chi connectivity index (χ3v) is 9.13. The first-order valence-electron chi connectivity index (χ1n) is 11.3. The Kier molecular flexibility index (Phi) is 6.26. The van der Waals surface area contributed by atoms with Gasteiger partial charge in [0, 0.05) is 41.3 Å². The highest BCUT2D eigenvalue weighted by atomic mass is 32.2. The maximum atomic E-state index is 13.3. The topological polar surface area (TPSA) is 66.9 Å². The first-order valence-corrected chi connectivity index (χ1v) is 13.5. The molecule has 0 saturated carbocycles. The van der Waals surface area contributed by atoms with Gasteiger partial charge in [-0.1, -0.05) is 13.8 Å². The lowest BCUT2D eigenvalue weighted by Gasteiger charge is -2.38. The fraction of sp³-hybridized carbons (Fsp3) is 0.360. The van der Waals surface area contributed by atoms with E-state index >= 15 is 0 Å². The molecule has 0 amide bonds. The third kappa shape index (κ3) is 4.71. The van der Waals surface area contributed by atoms with Gasteiger partial charge in [0.15, 0.2) is 0 Å². The van der Waals surface area contributed by atoms with Crippen molar-refractivity contribution >= 4 is 43.9 Å². The Bertz CT molecular complexity index is 1350. The summed E-state index contributed by atoms with van der Waals surface area (Å²) in [4.78, 5) is 1.50. The van der Waals surface area contributed by atoms with E-state index in [1.54, 1.807) is 53.0 Å². The van der Waals surface area contributed by atoms with E-state index in [0.717, 1.165) is 35.7 Å². The second kappa shape index (κ2) is 9.18. The summed E-state index contributed by atoms with van der Waals surface area (Å²) in [7, 11) is -3.52. The van der Waals surface area contributed by atoms with Crippen molar-refractivity contribution in [2.75, 3.05) is 19.6 Å². The number of rotatable bonds is 7. The van der Waals surface area contributed by atoms with E-state index in [9.17, 15) is 8.42 Å². The maximum absolute atomic E-state index is 13.3. The second-order valence-electron chi connectivity index (χ2n) is 8.96. The highest BCUT2D eigenvalue weighted by molar-refractivity contribution is 7.97. The van der Waals surface area contributed by atoms with E-state index < -0.39 is 10.0 Å². The van der Waals surface area contributed by atoms with E-state index in [2.05, 4.69) is 30.3 Å². The SMILES string of the molecule is CC(C)CN(Sc1ccc2occc2c1)C1CCN(S(=O)(=O)c2ccc3occc3c2)CC1. The highest BCUT2D eigenvalue weighted by Gasteiger charge is 2.32. The molecule has 1 saturated heterocycles. The van der Waals surface area contributed by atoms with Gasteiger partial charge in [0.2, 0.25) is 10.0 Å². The van der Waals surface area contributed by atoms with Gasteiger partial charge in [-0.25, -0.2) is 12.7 Å². The Hall–Kier alpha value is -2.26. The molecule has 6 nitrogen and oxygen atoms in total. The van der Waals surface area contributed by atoms with E-state index in [4.69, 9.17) is 8.83 Å². The summed E-state index contributed by atoms with van der Waals surface area (Å²) in [5.41, 5.74) is 1.59. The number of piperidine rings is 1. The Labute approximate surface area is 198 Å². The number of hydrogen-bond acceptors (Lipinski definition) is 6. The maximum Gasteiger partial charge on any atom is 0.243 e. The summed E-state index contributed by atoms with van der Waals surface area (Å²) in [6.45, 7) is 6.43. The Morgan fingerprint density at radius 1 is 0.970 bits per heavy atom. The van der Waals surface area contributed by atoms with Crippen LogP contribution in [0.5, 0.6) is 0 Å². The largest absolute Gasteiger partial charge is 0.464 e. The molecule has 0 atom stereocenters. The lowest BCUT2D eigenvalue weighted by molar-refractivity contribution is 0.217. The summed E-state index contributed by atoms with van der Waals surface area (Å²) in [6.07, 6.45) is 4.91. The van der Waals surface area contributed by atoms with Crippen molar-refractivity contribution in [3.05, 3.63) is 61.1 Å². The van der Waals surface area contributed by atoms with Gasteiger partial charge in [-0.05, 0) is 79.2 Å². The van der Waals surface area contributed by atoms with Gasteiger partial charge >= 0.3 is 0 Å². The van der Waals surface area contributed by atoms with Gasteiger partial charge in [-0.2, -0.15) is 4.31 Å². The molecular weight excluding hydrogens is 456 g/mol. The van der Waals surface area contributed by atoms with Crippen LogP contribution in [0.25, 0.3) is 21.9 Å². The molecule has 2 aromatic carbocycles. The van der Waals surface area contributed by atoms with Crippen molar-refractivity contribution in [1.82, 2.24) is 8.61 Å².